The minimum Gasteiger partial charge on any atom is -0.412 e. The quantitative estimate of drug-likeness (QED) is 0.127. The fraction of sp³-hybridized carbons (Fsp3) is 0. The summed E-state index contributed by atoms with van der Waals surface area (Å²) in [5.74, 6) is 14.2. The number of hydrazone groups is 1. The van der Waals surface area contributed by atoms with Crippen molar-refractivity contribution in [2.24, 2.45) is 28.4 Å². The summed E-state index contributed by atoms with van der Waals surface area (Å²) in [6, 6.07) is 0. The largest absolute Gasteiger partial charge is 0.412 e. The smallest absolute Gasteiger partial charge is 0.242 e. The van der Waals surface area contributed by atoms with Crippen molar-refractivity contribution in [1.29, 1.82) is 0 Å². The van der Waals surface area contributed by atoms with E-state index in [9.17, 15) is 0 Å². The van der Waals surface area contributed by atoms with Gasteiger partial charge in [-0.2, -0.15) is 0 Å². The summed E-state index contributed by atoms with van der Waals surface area (Å²) >= 11 is 0. The first-order valence-corrected chi connectivity index (χ1v) is 1.51. The molecule has 0 rings (SSSR count). The van der Waals surface area contributed by atoms with Crippen LogP contribution >= 0.6 is 12.4 Å². The molecular formula is CH11ClN6O. The van der Waals surface area contributed by atoms with Crippen LogP contribution < -0.4 is 23.3 Å². The van der Waals surface area contributed by atoms with Crippen LogP contribution in [0.1, 0.15) is 0 Å². The topological polar surface area (TPSA) is 151 Å². The van der Waals surface area contributed by atoms with E-state index in [1.54, 1.807) is 0 Å². The van der Waals surface area contributed by atoms with Gasteiger partial charge < -0.3 is 17.1 Å². The molecule has 0 aliphatic rings. The van der Waals surface area contributed by atoms with E-state index in [1.807, 2.05) is 0 Å². The highest BCUT2D eigenvalue weighted by atomic mass is 35.5. The van der Waals surface area contributed by atoms with Gasteiger partial charge in [0, 0.05) is 0 Å². The molecule has 0 aromatic carbocycles. The van der Waals surface area contributed by atoms with E-state index in [1.165, 1.54) is 0 Å². The summed E-state index contributed by atoms with van der Waals surface area (Å²) < 4.78 is 0. The summed E-state index contributed by atoms with van der Waals surface area (Å²) in [6.45, 7) is 0. The van der Waals surface area contributed by atoms with Crippen LogP contribution in [-0.4, -0.2) is 16.6 Å². The maximum Gasteiger partial charge on any atom is 0.242 e. The Hall–Kier alpha value is -0.760. The van der Waals surface area contributed by atoms with Crippen LogP contribution in [0, 0.1) is 0 Å². The lowest BCUT2D eigenvalue weighted by molar-refractivity contribution is 0.457. The van der Waals surface area contributed by atoms with Gasteiger partial charge in [-0.15, -0.1) is 17.5 Å². The Balaban J connectivity index is -0.000000180. The molecule has 0 bridgehead atoms. The highest BCUT2D eigenvalue weighted by Crippen LogP contribution is 1.55. The monoisotopic (exact) mass is 158 g/mol. The molecule has 0 aliphatic carbocycles. The number of guanidine groups is 1. The Morgan fingerprint density at radius 3 is 1.67 bits per heavy atom. The first-order valence-electron chi connectivity index (χ1n) is 1.51. The van der Waals surface area contributed by atoms with Crippen LogP contribution in [-0.2, 0) is 0 Å². The van der Waals surface area contributed by atoms with Crippen LogP contribution in [0.2, 0.25) is 0 Å². The summed E-state index contributed by atoms with van der Waals surface area (Å²) in [4.78, 5) is 0. The molecule has 58 valence electrons. The normalized spacial score (nSPS) is 8.89. The number of rotatable bonds is 0. The second-order valence-corrected chi connectivity index (χ2v) is 0.895. The van der Waals surface area contributed by atoms with Gasteiger partial charge in [0.15, 0.2) is 0 Å². The lowest BCUT2D eigenvalue weighted by atomic mass is 11.0. The van der Waals surface area contributed by atoms with Gasteiger partial charge in [0.2, 0.25) is 5.96 Å². The van der Waals surface area contributed by atoms with E-state index >= 15 is 0 Å². The Labute approximate surface area is 58.3 Å². The van der Waals surface area contributed by atoms with E-state index in [4.69, 9.17) is 17.4 Å². The van der Waals surface area contributed by atoms with E-state index in [2.05, 4.69) is 10.9 Å². The molecule has 0 spiro atoms. The molecule has 0 heterocycles. The second kappa shape index (κ2) is 7.24. The van der Waals surface area contributed by atoms with Gasteiger partial charge in [0.05, 0.1) is 0 Å². The lowest BCUT2D eigenvalue weighted by Gasteiger charge is -2.06. The molecule has 0 atom stereocenters. The molecule has 0 aromatic rings. The lowest BCUT2D eigenvalue weighted by Crippen LogP contribution is -2.48. The van der Waals surface area contributed by atoms with E-state index in [0.717, 1.165) is 0 Å². The van der Waals surface area contributed by atoms with Crippen molar-refractivity contribution < 1.29 is 5.48 Å². The number of nitrogens with zero attached hydrogens (tertiary/aromatic N) is 2. The summed E-state index contributed by atoms with van der Waals surface area (Å²) in [5.41, 5.74) is 4.92. The molecule has 7 nitrogen and oxygen atoms in total. The average Bonchev–Trinajstić information content (AvgIpc) is 1.65. The molecule has 0 aromatic heterocycles. The summed E-state index contributed by atoms with van der Waals surface area (Å²) in [6.07, 6.45) is 0. The minimum atomic E-state index is -0.111. The third kappa shape index (κ3) is 7.24. The van der Waals surface area contributed by atoms with Crippen molar-refractivity contribution in [3.8, 4) is 0 Å². The predicted octanol–water partition coefficient (Wildman–Crippen LogP) is -3.18. The molecule has 0 amide bonds. The van der Waals surface area contributed by atoms with Gasteiger partial charge >= 0.3 is 0 Å². The Morgan fingerprint density at radius 1 is 1.33 bits per heavy atom. The number of nitrogens with two attached hydrogens (primary N) is 4. The molecule has 0 unspecified atom stereocenters. The van der Waals surface area contributed by atoms with Gasteiger partial charge in [-0.1, -0.05) is 0 Å². The molecule has 10 N–H and O–H groups in total. The molecule has 0 saturated carbocycles. The third-order valence-electron chi connectivity index (χ3n) is 0.397. The number of halogens is 1. The Kier molecular flexibility index (Phi) is 12.7. The zero-order valence-electron chi connectivity index (χ0n) is 4.61. The van der Waals surface area contributed by atoms with Crippen molar-refractivity contribution in [2.75, 3.05) is 0 Å². The van der Waals surface area contributed by atoms with Crippen molar-refractivity contribution >= 4 is 18.4 Å². The van der Waals surface area contributed by atoms with Crippen molar-refractivity contribution in [3.05, 3.63) is 0 Å². The molecule has 0 radical (unpaired) electrons. The van der Waals surface area contributed by atoms with Crippen LogP contribution in [0.3, 0.4) is 0 Å². The summed E-state index contributed by atoms with van der Waals surface area (Å²) in [5, 5.41) is 3.58. The summed E-state index contributed by atoms with van der Waals surface area (Å²) in [7, 11) is 0. The van der Waals surface area contributed by atoms with Crippen LogP contribution in [0.4, 0.5) is 0 Å². The van der Waals surface area contributed by atoms with E-state index < -0.39 is 0 Å². The number of hydrazine groups is 2. The van der Waals surface area contributed by atoms with Gasteiger partial charge in [0.1, 0.15) is 0 Å². The molecule has 0 fully saturated rings. The van der Waals surface area contributed by atoms with Gasteiger partial charge in [0.25, 0.3) is 0 Å². The van der Waals surface area contributed by atoms with Gasteiger partial charge in [-0.05, 0) is 0 Å². The molecule has 0 aliphatic heterocycles. The zero-order chi connectivity index (χ0) is 5.86. The third-order valence-corrected chi connectivity index (χ3v) is 0.397. The van der Waals surface area contributed by atoms with Gasteiger partial charge in [-0.25, -0.2) is 16.8 Å². The standard InChI is InChI=1S/CH8N6.ClH.H2O/c2-1(6-3)7(4)5;;/h3-5H2,(H2,2,6);1H;1H2. The second-order valence-electron chi connectivity index (χ2n) is 0.895. The maximum atomic E-state index is 4.92. The van der Waals surface area contributed by atoms with Crippen LogP contribution in [0.15, 0.2) is 5.10 Å². The van der Waals surface area contributed by atoms with E-state index in [-0.39, 0.29) is 23.8 Å². The SMILES string of the molecule is Cl.NN=C(N)N(N)N.O. The zero-order valence-corrected chi connectivity index (χ0v) is 5.43. The fourth-order valence-electron chi connectivity index (χ4n) is 0.0667. The van der Waals surface area contributed by atoms with Crippen molar-refractivity contribution in [1.82, 2.24) is 5.12 Å². The molecular weight excluding hydrogens is 148 g/mol. The van der Waals surface area contributed by atoms with Gasteiger partial charge in [-0.3, -0.25) is 0 Å². The maximum absolute atomic E-state index is 4.92. The fourth-order valence-corrected chi connectivity index (χ4v) is 0.0667. The molecule has 9 heavy (non-hydrogen) atoms. The first-order chi connectivity index (χ1) is 3.18. The highest BCUT2D eigenvalue weighted by molar-refractivity contribution is 5.85. The van der Waals surface area contributed by atoms with Crippen molar-refractivity contribution in [2.45, 2.75) is 0 Å². The van der Waals surface area contributed by atoms with Crippen LogP contribution in [0.25, 0.3) is 0 Å². The molecule has 8 heteroatoms. The van der Waals surface area contributed by atoms with Crippen LogP contribution in [0.5, 0.6) is 0 Å². The van der Waals surface area contributed by atoms with Crippen molar-refractivity contribution in [3.63, 3.8) is 0 Å². The number of hydrogen-bond acceptors (Lipinski definition) is 4. The molecule has 0 saturated heterocycles. The minimum absolute atomic E-state index is 0. The Morgan fingerprint density at radius 2 is 1.67 bits per heavy atom. The predicted molar refractivity (Wildman–Crippen MR) is 36.9 cm³/mol. The Bertz CT molecular complexity index is 81.1. The van der Waals surface area contributed by atoms with E-state index in [0.29, 0.717) is 5.12 Å². The highest BCUT2D eigenvalue weighted by Gasteiger charge is 1.88. The average molecular weight is 159 g/mol. The first kappa shape index (κ1) is 15.7. The number of hydrogen-bond donors (Lipinski definition) is 4.